The van der Waals surface area contributed by atoms with Crippen molar-refractivity contribution >= 4 is 37.9 Å². The highest BCUT2D eigenvalue weighted by atomic mass is 35.5. The van der Waals surface area contributed by atoms with Crippen LogP contribution in [-0.4, -0.2) is 105 Å². The topological polar surface area (TPSA) is 107 Å². The number of nitrogens with zero attached hydrogens (tertiary/aromatic N) is 5. The predicted molar refractivity (Wildman–Crippen MR) is 192 cm³/mol. The van der Waals surface area contributed by atoms with Crippen LogP contribution in [0.3, 0.4) is 0 Å². The number of aromatic nitrogens is 2. The minimum atomic E-state index is -2.19. The molecule has 0 bridgehead atoms. The van der Waals surface area contributed by atoms with Gasteiger partial charge in [0.25, 0.3) is 0 Å². The second-order valence-electron chi connectivity index (χ2n) is 15.8. The first-order valence-corrected chi connectivity index (χ1v) is 20.0. The van der Waals surface area contributed by atoms with Crippen molar-refractivity contribution in [3.05, 3.63) is 35.0 Å². The highest BCUT2D eigenvalue weighted by Gasteiger charge is 2.47. The quantitative estimate of drug-likeness (QED) is 0.195. The Morgan fingerprint density at radius 2 is 1.73 bits per heavy atom. The lowest BCUT2D eigenvalue weighted by Gasteiger charge is -2.54. The number of hydrogen-bond acceptors (Lipinski definition) is 9. The summed E-state index contributed by atoms with van der Waals surface area (Å²) in [6.07, 6.45) is 0.814. The van der Waals surface area contributed by atoms with Crippen molar-refractivity contribution in [2.45, 2.75) is 91.1 Å². The van der Waals surface area contributed by atoms with E-state index in [4.69, 9.17) is 35.2 Å². The van der Waals surface area contributed by atoms with E-state index in [1.165, 1.54) is 7.11 Å². The van der Waals surface area contributed by atoms with Crippen LogP contribution in [0.2, 0.25) is 23.3 Å². The van der Waals surface area contributed by atoms with Crippen LogP contribution in [-0.2, 0) is 13.9 Å². The largest absolute Gasteiger partial charge is 0.491 e. The molecule has 0 aliphatic carbocycles. The molecule has 2 fully saturated rings. The zero-order valence-electron chi connectivity index (χ0n) is 30.6. The van der Waals surface area contributed by atoms with Crippen molar-refractivity contribution in [3.8, 4) is 17.1 Å². The fraction of sp³-hybridized carbons (Fsp3) is 0.657. The van der Waals surface area contributed by atoms with Crippen molar-refractivity contribution in [3.63, 3.8) is 0 Å². The lowest BCUT2D eigenvalue weighted by molar-refractivity contribution is 0.0172. The molecule has 0 unspecified atom stereocenters. The molecule has 2 aliphatic rings. The van der Waals surface area contributed by atoms with Crippen LogP contribution >= 0.6 is 11.6 Å². The lowest BCUT2D eigenvalue weighted by atomic mass is 9.72. The van der Waals surface area contributed by atoms with E-state index in [0.717, 1.165) is 42.9 Å². The minimum absolute atomic E-state index is 0.0219. The maximum atomic E-state index is 12.8. The molecule has 13 heteroatoms. The number of amides is 2. The third-order valence-electron chi connectivity index (χ3n) is 9.65. The third-order valence-corrected chi connectivity index (χ3v) is 14.6. The van der Waals surface area contributed by atoms with Gasteiger partial charge in [0.2, 0.25) is 0 Å². The maximum Gasteiger partial charge on any atom is 0.410 e. The fourth-order valence-electron chi connectivity index (χ4n) is 5.79. The van der Waals surface area contributed by atoms with Crippen LogP contribution in [0.1, 0.15) is 59.9 Å². The molecule has 2 aliphatic heterocycles. The van der Waals surface area contributed by atoms with Gasteiger partial charge in [-0.05, 0) is 70.8 Å². The van der Waals surface area contributed by atoms with Gasteiger partial charge in [-0.3, -0.25) is 0 Å². The molecule has 48 heavy (non-hydrogen) atoms. The molecule has 266 valence electrons. The van der Waals surface area contributed by atoms with E-state index < -0.39 is 20.0 Å². The first-order valence-electron chi connectivity index (χ1n) is 16.7. The molecular formula is C35H54ClN5O6Si. The van der Waals surface area contributed by atoms with Crippen molar-refractivity contribution in [2.24, 2.45) is 5.41 Å². The molecule has 1 aromatic carbocycles. The Labute approximate surface area is 292 Å². The third kappa shape index (κ3) is 9.12. The molecular weight excluding hydrogens is 650 g/mol. The first-order chi connectivity index (χ1) is 22.2. The van der Waals surface area contributed by atoms with Gasteiger partial charge in [-0.2, -0.15) is 0 Å². The number of likely N-dealkylation sites (tertiary alicyclic amines) is 1. The molecule has 0 saturated carbocycles. The molecule has 1 spiro atoms. The van der Waals surface area contributed by atoms with E-state index >= 15 is 0 Å². The predicted octanol–water partition coefficient (Wildman–Crippen LogP) is 7.41. The van der Waals surface area contributed by atoms with Crippen LogP contribution in [0.5, 0.6) is 5.75 Å². The molecule has 3 heterocycles. The molecule has 2 aromatic rings. The number of halogens is 1. The Morgan fingerprint density at radius 1 is 1.08 bits per heavy atom. The summed E-state index contributed by atoms with van der Waals surface area (Å²) in [6.45, 7) is 22.1. The molecule has 1 atom stereocenters. The minimum Gasteiger partial charge on any atom is -0.491 e. The van der Waals surface area contributed by atoms with Gasteiger partial charge < -0.3 is 33.3 Å². The number of ether oxygens (including phenoxy) is 3. The number of rotatable bonds is 9. The lowest BCUT2D eigenvalue weighted by Crippen LogP contribution is -2.61. The highest BCUT2D eigenvalue weighted by Crippen LogP contribution is 2.44. The van der Waals surface area contributed by atoms with Gasteiger partial charge in [0, 0.05) is 49.8 Å². The van der Waals surface area contributed by atoms with E-state index in [1.54, 1.807) is 16.8 Å². The smallest absolute Gasteiger partial charge is 0.410 e. The van der Waals surface area contributed by atoms with Gasteiger partial charge in [-0.25, -0.2) is 19.6 Å². The van der Waals surface area contributed by atoms with E-state index in [2.05, 4.69) is 43.7 Å². The molecule has 0 N–H and O–H groups in total. The van der Waals surface area contributed by atoms with Gasteiger partial charge in [0.1, 0.15) is 28.9 Å². The summed E-state index contributed by atoms with van der Waals surface area (Å²) < 4.78 is 23.6. The SMILES string of the molecule is COC(=O)N1CCC2(CC1)CN(c1nc(-c3cccc(OC[C@H](CN(C)C(=O)OC(C)(C)C)O[Si](C)(C)C(C)(C)C)c3)nc(Cl)c1C)C2. The van der Waals surface area contributed by atoms with Crippen LogP contribution < -0.4 is 9.64 Å². The van der Waals surface area contributed by atoms with E-state index in [9.17, 15) is 9.59 Å². The van der Waals surface area contributed by atoms with Crippen LogP contribution in [0.25, 0.3) is 11.4 Å². The molecule has 2 amide bonds. The normalized spacial score (nSPS) is 17.1. The van der Waals surface area contributed by atoms with E-state index in [1.807, 2.05) is 52.0 Å². The van der Waals surface area contributed by atoms with Gasteiger partial charge >= 0.3 is 12.2 Å². The van der Waals surface area contributed by atoms with Crippen LogP contribution in [0, 0.1) is 12.3 Å². The summed E-state index contributed by atoms with van der Waals surface area (Å²) in [5.74, 6) is 1.98. The highest BCUT2D eigenvalue weighted by molar-refractivity contribution is 6.74. The summed E-state index contributed by atoms with van der Waals surface area (Å²) in [7, 11) is 0.953. The molecule has 1 aromatic heterocycles. The number of piperidine rings is 1. The summed E-state index contributed by atoms with van der Waals surface area (Å²) in [5.41, 5.74) is 1.18. The Hall–Kier alpha value is -3.09. The fourth-order valence-corrected chi connectivity index (χ4v) is 7.28. The number of likely N-dealkylation sites (N-methyl/N-ethyl adjacent to an activating group) is 1. The number of methoxy groups -OCH3 is 1. The van der Waals surface area contributed by atoms with Crippen molar-refractivity contribution in [1.29, 1.82) is 0 Å². The summed E-state index contributed by atoms with van der Waals surface area (Å²) in [6, 6.07) is 7.65. The summed E-state index contributed by atoms with van der Waals surface area (Å²) in [4.78, 5) is 39.9. The Bertz CT molecular complexity index is 1460. The summed E-state index contributed by atoms with van der Waals surface area (Å²) >= 11 is 6.67. The van der Waals surface area contributed by atoms with Crippen molar-refractivity contribution in [1.82, 2.24) is 19.8 Å². The number of benzene rings is 1. The van der Waals surface area contributed by atoms with Crippen molar-refractivity contribution in [2.75, 3.05) is 58.4 Å². The zero-order valence-corrected chi connectivity index (χ0v) is 32.4. The molecule has 0 radical (unpaired) electrons. The Balaban J connectivity index is 1.47. The standard InChI is InChI=1S/C35H54ClN5O6Si/c1-24-28(36)37-29(38-30(24)41-22-35(23-41)15-17-40(18-16-35)32(43)44-9)25-13-12-14-26(19-25)45-21-27(47-48(10,11)34(5,6)7)20-39(8)31(42)46-33(2,3)4/h12-14,19,27H,15-18,20-23H2,1-11H3/t27-/m0/s1. The Kier molecular flexibility index (Phi) is 11.3. The van der Waals surface area contributed by atoms with Gasteiger partial charge in [0.15, 0.2) is 14.1 Å². The zero-order chi connectivity index (χ0) is 35.7. The molecule has 2 saturated heterocycles. The average molecular weight is 704 g/mol. The van der Waals surface area contributed by atoms with Gasteiger partial charge in [-0.1, -0.05) is 44.5 Å². The molecule has 11 nitrogen and oxygen atoms in total. The Morgan fingerprint density at radius 3 is 2.31 bits per heavy atom. The summed E-state index contributed by atoms with van der Waals surface area (Å²) in [5, 5.41) is 0.391. The first kappa shape index (κ1) is 37.7. The van der Waals surface area contributed by atoms with Gasteiger partial charge in [0.05, 0.1) is 19.8 Å². The van der Waals surface area contributed by atoms with Crippen LogP contribution in [0.4, 0.5) is 15.4 Å². The monoisotopic (exact) mass is 703 g/mol. The number of hydrogen-bond donors (Lipinski definition) is 0. The second-order valence-corrected chi connectivity index (χ2v) is 20.9. The molecule has 4 rings (SSSR count). The number of carbonyl (C=O) groups excluding carboxylic acids is 2. The van der Waals surface area contributed by atoms with E-state index in [0.29, 0.717) is 36.4 Å². The van der Waals surface area contributed by atoms with E-state index in [-0.39, 0.29) is 29.3 Å². The van der Waals surface area contributed by atoms with Crippen LogP contribution in [0.15, 0.2) is 24.3 Å². The average Bonchev–Trinajstić information content (AvgIpc) is 2.98. The second kappa shape index (κ2) is 14.4. The van der Waals surface area contributed by atoms with Crippen molar-refractivity contribution < 1.29 is 28.2 Å². The van der Waals surface area contributed by atoms with Gasteiger partial charge in [-0.15, -0.1) is 0 Å². The number of anilines is 1. The maximum absolute atomic E-state index is 12.8. The number of carbonyl (C=O) groups is 2.